The Kier molecular flexibility index (Phi) is 1.13. The predicted molar refractivity (Wildman–Crippen MR) is 41.3 cm³/mol. The Morgan fingerprint density at radius 1 is 1.25 bits per heavy atom. The molecule has 1 aromatic heterocycles. The van der Waals surface area contributed by atoms with Gasteiger partial charge in [-0.15, -0.1) is 0 Å². The van der Waals surface area contributed by atoms with Gasteiger partial charge in [0.15, 0.2) is 6.61 Å². The van der Waals surface area contributed by atoms with Crippen LogP contribution in [0.1, 0.15) is 11.3 Å². The largest absolute Gasteiger partial charge is 0.471 e. The minimum absolute atomic E-state index is 0.0551. The average molecular weight is 231 g/mol. The fourth-order valence-corrected chi connectivity index (χ4v) is 2.01. The van der Waals surface area contributed by atoms with E-state index in [0.717, 1.165) is 6.07 Å². The van der Waals surface area contributed by atoms with E-state index in [2.05, 4.69) is 4.98 Å². The van der Waals surface area contributed by atoms with Crippen LogP contribution in [-0.4, -0.2) is 17.4 Å². The van der Waals surface area contributed by atoms with Crippen LogP contribution in [0, 0.1) is 0 Å². The second kappa shape index (κ2) is 2.05. The number of hydrogen-bond acceptors (Lipinski definition) is 4. The highest BCUT2D eigenvalue weighted by Crippen LogP contribution is 2.76. The van der Waals surface area contributed by atoms with Crippen molar-refractivity contribution in [2.75, 3.05) is 6.61 Å². The number of alkyl halides is 3. The van der Waals surface area contributed by atoms with Crippen molar-refractivity contribution in [3.05, 3.63) is 23.4 Å². The first-order chi connectivity index (χ1) is 7.47. The summed E-state index contributed by atoms with van der Waals surface area (Å²) in [5, 5.41) is 0. The van der Waals surface area contributed by atoms with Crippen LogP contribution in [0.4, 0.5) is 13.2 Å². The van der Waals surface area contributed by atoms with Gasteiger partial charge in [0.2, 0.25) is 5.88 Å². The van der Waals surface area contributed by atoms with Crippen molar-refractivity contribution in [1.29, 1.82) is 0 Å². The molecular formula is C9H4F3NO3. The first kappa shape index (κ1) is 8.77. The van der Waals surface area contributed by atoms with Gasteiger partial charge in [-0.3, -0.25) is 9.47 Å². The molecule has 0 aliphatic carbocycles. The number of fused-ring (bicyclic) bond motifs is 1. The van der Waals surface area contributed by atoms with E-state index in [-0.39, 0.29) is 12.5 Å². The Morgan fingerprint density at radius 2 is 2.00 bits per heavy atom. The zero-order valence-corrected chi connectivity index (χ0v) is 7.67. The summed E-state index contributed by atoms with van der Waals surface area (Å²) in [6.07, 6.45) is -4.47. The van der Waals surface area contributed by atoms with Crippen LogP contribution in [0.15, 0.2) is 12.1 Å². The maximum absolute atomic E-state index is 12.4. The summed E-state index contributed by atoms with van der Waals surface area (Å²) < 4.78 is 52.7. The van der Waals surface area contributed by atoms with Crippen LogP contribution in [-0.2, 0) is 21.4 Å². The molecule has 2 fully saturated rings. The number of hydrogen-bond donors (Lipinski definition) is 0. The number of epoxide rings is 2. The average Bonchev–Trinajstić information content (AvgIpc) is 3.00. The zero-order chi connectivity index (χ0) is 11.2. The second-order valence-corrected chi connectivity index (χ2v) is 3.91. The summed E-state index contributed by atoms with van der Waals surface area (Å²) in [6.45, 7) is 0.0916. The van der Waals surface area contributed by atoms with Gasteiger partial charge < -0.3 is 4.74 Å². The highest BCUT2D eigenvalue weighted by Gasteiger charge is 2.95. The molecule has 0 unspecified atom stereocenters. The van der Waals surface area contributed by atoms with Crippen molar-refractivity contribution in [2.24, 2.45) is 0 Å². The number of aromatic nitrogens is 1. The zero-order valence-electron chi connectivity index (χ0n) is 7.67. The summed E-state index contributed by atoms with van der Waals surface area (Å²) in [7, 11) is 0. The van der Waals surface area contributed by atoms with E-state index in [1.54, 1.807) is 0 Å². The minimum atomic E-state index is -4.47. The third-order valence-electron chi connectivity index (χ3n) is 2.94. The SMILES string of the molecule is FC(F)(F)c1ccc2c(n1)OCC13OC21O3. The first-order valence-electron chi connectivity index (χ1n) is 4.59. The Bertz CT molecular complexity index is 507. The van der Waals surface area contributed by atoms with Crippen LogP contribution in [0.3, 0.4) is 0 Å². The Balaban J connectivity index is 1.83. The maximum Gasteiger partial charge on any atom is 0.433 e. The molecule has 4 nitrogen and oxygen atoms in total. The Labute approximate surface area is 86.9 Å². The van der Waals surface area contributed by atoms with Crippen molar-refractivity contribution < 1.29 is 27.4 Å². The van der Waals surface area contributed by atoms with Crippen LogP contribution >= 0.6 is 0 Å². The lowest BCUT2D eigenvalue weighted by Crippen LogP contribution is -2.18. The molecule has 0 bridgehead atoms. The number of pyridine rings is 1. The van der Waals surface area contributed by atoms with E-state index in [1.165, 1.54) is 6.07 Å². The van der Waals surface area contributed by atoms with Crippen LogP contribution in [0.2, 0.25) is 0 Å². The van der Waals surface area contributed by atoms with Crippen molar-refractivity contribution >= 4 is 0 Å². The minimum Gasteiger partial charge on any atom is -0.471 e. The van der Waals surface area contributed by atoms with Gasteiger partial charge in [-0.05, 0) is 12.1 Å². The van der Waals surface area contributed by atoms with E-state index in [0.29, 0.717) is 5.56 Å². The molecule has 2 saturated heterocycles. The third kappa shape index (κ3) is 0.791. The molecular weight excluding hydrogens is 227 g/mol. The van der Waals surface area contributed by atoms with Crippen molar-refractivity contribution in [3.63, 3.8) is 0 Å². The van der Waals surface area contributed by atoms with Gasteiger partial charge in [-0.1, -0.05) is 0 Å². The number of nitrogens with zero attached hydrogens (tertiary/aromatic N) is 1. The summed E-state index contributed by atoms with van der Waals surface area (Å²) >= 11 is 0. The second-order valence-electron chi connectivity index (χ2n) is 3.91. The van der Waals surface area contributed by atoms with Gasteiger partial charge in [-0.2, -0.15) is 13.2 Å². The lowest BCUT2D eigenvalue weighted by Gasteiger charge is -2.12. The molecule has 0 aromatic carbocycles. The van der Waals surface area contributed by atoms with E-state index in [1.807, 2.05) is 0 Å². The fourth-order valence-electron chi connectivity index (χ4n) is 2.01. The summed E-state index contributed by atoms with van der Waals surface area (Å²) in [4.78, 5) is 3.42. The van der Waals surface area contributed by atoms with E-state index in [4.69, 9.17) is 14.2 Å². The van der Waals surface area contributed by atoms with Gasteiger partial charge in [0.05, 0.1) is 5.56 Å². The topological polar surface area (TPSA) is 47.2 Å². The van der Waals surface area contributed by atoms with Crippen molar-refractivity contribution in [2.45, 2.75) is 17.8 Å². The standard InChI is InChI=1S/C9H4F3NO3/c10-9(11,12)5-2-1-4-6(13-5)14-3-7-8(4,15-7)16-7/h1-2H,3H2. The third-order valence-corrected chi connectivity index (χ3v) is 2.94. The van der Waals surface area contributed by atoms with Crippen molar-refractivity contribution in [3.8, 4) is 5.88 Å². The maximum atomic E-state index is 12.4. The highest BCUT2D eigenvalue weighted by atomic mass is 19.4. The molecule has 16 heavy (non-hydrogen) atoms. The summed E-state index contributed by atoms with van der Waals surface area (Å²) in [5.74, 6) is -1.65. The molecule has 0 radical (unpaired) electrons. The fraction of sp³-hybridized carbons (Fsp3) is 0.444. The Hall–Kier alpha value is -1.34. The molecule has 0 atom stereocenters. The summed E-state index contributed by atoms with van der Waals surface area (Å²) in [6, 6.07) is 2.19. The molecule has 0 amide bonds. The quantitative estimate of drug-likeness (QED) is 0.633. The molecule has 4 rings (SSSR count). The lowest BCUT2D eigenvalue weighted by molar-refractivity contribution is -0.141. The predicted octanol–water partition coefficient (Wildman–Crippen LogP) is 1.40. The van der Waals surface area contributed by atoms with Crippen LogP contribution < -0.4 is 4.74 Å². The van der Waals surface area contributed by atoms with Crippen LogP contribution in [0.5, 0.6) is 5.88 Å². The smallest absolute Gasteiger partial charge is 0.433 e. The molecule has 7 heteroatoms. The van der Waals surface area contributed by atoms with Gasteiger partial charge in [-0.25, -0.2) is 4.98 Å². The number of ether oxygens (including phenoxy) is 3. The lowest BCUT2D eigenvalue weighted by atomic mass is 10.1. The van der Waals surface area contributed by atoms with E-state index in [9.17, 15) is 13.2 Å². The molecule has 3 aliphatic heterocycles. The molecule has 0 N–H and O–H groups in total. The monoisotopic (exact) mass is 231 g/mol. The highest BCUT2D eigenvalue weighted by molar-refractivity contribution is 5.46. The van der Waals surface area contributed by atoms with E-state index < -0.39 is 23.4 Å². The van der Waals surface area contributed by atoms with E-state index >= 15 is 0 Å². The first-order valence-corrected chi connectivity index (χ1v) is 4.59. The molecule has 3 aliphatic rings. The summed E-state index contributed by atoms with van der Waals surface area (Å²) in [5.41, 5.74) is -0.539. The van der Waals surface area contributed by atoms with Gasteiger partial charge in [0.25, 0.3) is 11.6 Å². The number of rotatable bonds is 0. The number of halogens is 3. The Morgan fingerprint density at radius 3 is 2.69 bits per heavy atom. The molecule has 0 saturated carbocycles. The normalized spacial score (nSPS) is 37.9. The van der Waals surface area contributed by atoms with Crippen LogP contribution in [0.25, 0.3) is 0 Å². The van der Waals surface area contributed by atoms with Gasteiger partial charge >= 0.3 is 6.18 Å². The van der Waals surface area contributed by atoms with Gasteiger partial charge in [0.1, 0.15) is 5.69 Å². The van der Waals surface area contributed by atoms with Crippen molar-refractivity contribution in [1.82, 2.24) is 4.98 Å². The molecule has 0 spiro atoms. The molecule has 4 heterocycles. The molecule has 1 aromatic rings. The molecule has 84 valence electrons. The van der Waals surface area contributed by atoms with Gasteiger partial charge in [0, 0.05) is 0 Å².